The molecule has 0 saturated carbocycles. The predicted molar refractivity (Wildman–Crippen MR) is 154 cm³/mol. The van der Waals surface area contributed by atoms with E-state index in [0.29, 0.717) is 5.02 Å². The molecule has 202 valence electrons. The summed E-state index contributed by atoms with van der Waals surface area (Å²) in [6, 6.07) is 20.6. The molecule has 2 amide bonds. The number of amides is 2. The molecule has 3 rings (SSSR count). The molecular formula is C28H31BrClN3O4S. The zero-order valence-corrected chi connectivity index (χ0v) is 24.6. The van der Waals surface area contributed by atoms with Crippen molar-refractivity contribution in [1.82, 2.24) is 10.2 Å². The minimum atomic E-state index is -4.11. The molecule has 0 bridgehead atoms. The molecule has 0 saturated heterocycles. The van der Waals surface area contributed by atoms with Gasteiger partial charge in [-0.15, -0.1) is 0 Å². The fourth-order valence-corrected chi connectivity index (χ4v) is 5.74. The van der Waals surface area contributed by atoms with Crippen LogP contribution < -0.4 is 9.62 Å². The molecule has 0 aromatic heterocycles. The Morgan fingerprint density at radius 1 is 0.974 bits per heavy atom. The number of carbonyl (C=O) groups is 2. The van der Waals surface area contributed by atoms with Crippen LogP contribution in [-0.4, -0.2) is 43.8 Å². The van der Waals surface area contributed by atoms with Gasteiger partial charge in [-0.05, 0) is 74.4 Å². The monoisotopic (exact) mass is 619 g/mol. The standard InChI is InChI=1S/C28H31BrClN3O4S/c1-4-20(2)31-28(35)21(3)32(18-22-9-8-10-23(29)17-22)27(34)19-33(25-15-13-24(30)14-16-25)38(36,37)26-11-6-5-7-12-26/h5-17,20-21H,4,18-19H2,1-3H3,(H,31,35)/t20-,21-/m1/s1. The molecule has 0 aliphatic carbocycles. The Morgan fingerprint density at radius 2 is 1.63 bits per heavy atom. The second-order valence-electron chi connectivity index (χ2n) is 8.95. The van der Waals surface area contributed by atoms with Gasteiger partial charge in [-0.1, -0.05) is 64.8 Å². The van der Waals surface area contributed by atoms with Crippen LogP contribution in [0, 0.1) is 0 Å². The predicted octanol–water partition coefficient (Wildman–Crippen LogP) is 5.63. The van der Waals surface area contributed by atoms with Crippen LogP contribution in [0.1, 0.15) is 32.8 Å². The summed E-state index contributed by atoms with van der Waals surface area (Å²) in [5, 5.41) is 3.35. The van der Waals surface area contributed by atoms with E-state index in [1.807, 2.05) is 38.1 Å². The average molecular weight is 621 g/mol. The summed E-state index contributed by atoms with van der Waals surface area (Å²) in [4.78, 5) is 28.4. The number of benzene rings is 3. The second-order valence-corrected chi connectivity index (χ2v) is 12.2. The third kappa shape index (κ3) is 7.58. The summed E-state index contributed by atoms with van der Waals surface area (Å²) < 4.78 is 29.3. The van der Waals surface area contributed by atoms with E-state index in [-0.39, 0.29) is 29.1 Å². The lowest BCUT2D eigenvalue weighted by Gasteiger charge is -2.32. The summed E-state index contributed by atoms with van der Waals surface area (Å²) in [6.45, 7) is 5.10. The van der Waals surface area contributed by atoms with Crippen molar-refractivity contribution < 1.29 is 18.0 Å². The number of anilines is 1. The third-order valence-electron chi connectivity index (χ3n) is 6.13. The Morgan fingerprint density at radius 3 is 2.24 bits per heavy atom. The first kappa shape index (κ1) is 29.7. The quantitative estimate of drug-likeness (QED) is 0.301. The SMILES string of the molecule is CC[C@@H](C)NC(=O)[C@@H](C)N(Cc1cccc(Br)c1)C(=O)CN(c1ccc(Cl)cc1)S(=O)(=O)c1ccccc1. The van der Waals surface area contributed by atoms with Gasteiger partial charge in [-0.25, -0.2) is 8.42 Å². The van der Waals surface area contributed by atoms with Gasteiger partial charge in [0, 0.05) is 22.1 Å². The van der Waals surface area contributed by atoms with Crippen LogP contribution in [0.25, 0.3) is 0 Å². The van der Waals surface area contributed by atoms with Crippen molar-refractivity contribution in [3.8, 4) is 0 Å². The molecule has 0 aliphatic rings. The Labute approximate surface area is 238 Å². The largest absolute Gasteiger partial charge is 0.352 e. The molecule has 0 aliphatic heterocycles. The first-order valence-electron chi connectivity index (χ1n) is 12.2. The van der Waals surface area contributed by atoms with Crippen LogP contribution in [0.2, 0.25) is 5.02 Å². The molecule has 7 nitrogen and oxygen atoms in total. The van der Waals surface area contributed by atoms with Gasteiger partial charge >= 0.3 is 0 Å². The van der Waals surface area contributed by atoms with Crippen LogP contribution in [0.4, 0.5) is 5.69 Å². The molecular weight excluding hydrogens is 590 g/mol. The average Bonchev–Trinajstić information content (AvgIpc) is 2.90. The maximum absolute atomic E-state index is 13.9. The van der Waals surface area contributed by atoms with E-state index in [1.165, 1.54) is 17.0 Å². The lowest BCUT2D eigenvalue weighted by molar-refractivity contribution is -0.139. The summed E-state index contributed by atoms with van der Waals surface area (Å²) in [7, 11) is -4.11. The molecule has 0 spiro atoms. The first-order chi connectivity index (χ1) is 18.0. The summed E-state index contributed by atoms with van der Waals surface area (Å²) in [5.74, 6) is -0.835. The molecule has 0 fully saturated rings. The van der Waals surface area contributed by atoms with Crippen molar-refractivity contribution in [3.05, 3.63) is 93.9 Å². The zero-order valence-electron chi connectivity index (χ0n) is 21.5. The molecule has 0 heterocycles. The van der Waals surface area contributed by atoms with E-state index in [1.54, 1.807) is 49.4 Å². The topological polar surface area (TPSA) is 86.8 Å². The van der Waals surface area contributed by atoms with Crippen LogP contribution in [0.3, 0.4) is 0 Å². The number of nitrogens with one attached hydrogen (secondary N) is 1. The van der Waals surface area contributed by atoms with Crippen LogP contribution in [0.15, 0.2) is 88.2 Å². The van der Waals surface area contributed by atoms with Crippen LogP contribution in [-0.2, 0) is 26.2 Å². The molecule has 2 atom stereocenters. The Hall–Kier alpha value is -2.88. The second kappa shape index (κ2) is 13.3. The van der Waals surface area contributed by atoms with Crippen molar-refractivity contribution >= 4 is 55.1 Å². The van der Waals surface area contributed by atoms with E-state index >= 15 is 0 Å². The molecule has 0 radical (unpaired) electrons. The molecule has 3 aromatic carbocycles. The van der Waals surface area contributed by atoms with E-state index in [9.17, 15) is 18.0 Å². The lowest BCUT2D eigenvalue weighted by Crippen LogP contribution is -2.52. The number of sulfonamides is 1. The summed E-state index contributed by atoms with van der Waals surface area (Å²) in [5.41, 5.74) is 1.07. The van der Waals surface area contributed by atoms with E-state index < -0.39 is 28.5 Å². The van der Waals surface area contributed by atoms with Crippen LogP contribution in [0.5, 0.6) is 0 Å². The molecule has 38 heavy (non-hydrogen) atoms. The minimum Gasteiger partial charge on any atom is -0.352 e. The van der Waals surface area contributed by atoms with Crippen molar-refractivity contribution in [3.63, 3.8) is 0 Å². The zero-order chi connectivity index (χ0) is 27.9. The molecule has 0 unspecified atom stereocenters. The number of hydrogen-bond donors (Lipinski definition) is 1. The highest BCUT2D eigenvalue weighted by atomic mass is 79.9. The van der Waals surface area contributed by atoms with E-state index in [2.05, 4.69) is 21.2 Å². The highest BCUT2D eigenvalue weighted by Gasteiger charge is 2.32. The summed E-state index contributed by atoms with van der Waals surface area (Å²) >= 11 is 9.49. The van der Waals surface area contributed by atoms with E-state index in [0.717, 1.165) is 20.8 Å². The third-order valence-corrected chi connectivity index (χ3v) is 8.67. The molecule has 3 aromatic rings. The van der Waals surface area contributed by atoms with Gasteiger partial charge in [0.25, 0.3) is 10.0 Å². The van der Waals surface area contributed by atoms with Crippen molar-refractivity contribution in [1.29, 1.82) is 0 Å². The van der Waals surface area contributed by atoms with Gasteiger partial charge in [0.15, 0.2) is 0 Å². The highest BCUT2D eigenvalue weighted by molar-refractivity contribution is 9.10. The van der Waals surface area contributed by atoms with Gasteiger partial charge in [0.05, 0.1) is 10.6 Å². The van der Waals surface area contributed by atoms with Gasteiger partial charge in [0.1, 0.15) is 12.6 Å². The van der Waals surface area contributed by atoms with Crippen molar-refractivity contribution in [2.24, 2.45) is 0 Å². The summed E-state index contributed by atoms with van der Waals surface area (Å²) in [6.07, 6.45) is 0.734. The number of carbonyl (C=O) groups excluding carboxylic acids is 2. The maximum Gasteiger partial charge on any atom is 0.264 e. The van der Waals surface area contributed by atoms with Gasteiger partial charge < -0.3 is 10.2 Å². The highest BCUT2D eigenvalue weighted by Crippen LogP contribution is 2.26. The smallest absolute Gasteiger partial charge is 0.264 e. The van der Waals surface area contributed by atoms with Gasteiger partial charge in [-0.3, -0.25) is 13.9 Å². The fourth-order valence-electron chi connectivity index (χ4n) is 3.74. The maximum atomic E-state index is 13.9. The van der Waals surface area contributed by atoms with Crippen molar-refractivity contribution in [2.45, 2.75) is 50.7 Å². The number of hydrogen-bond acceptors (Lipinski definition) is 4. The van der Waals surface area contributed by atoms with Gasteiger partial charge in [-0.2, -0.15) is 0 Å². The van der Waals surface area contributed by atoms with Crippen molar-refractivity contribution in [2.75, 3.05) is 10.8 Å². The first-order valence-corrected chi connectivity index (χ1v) is 14.8. The lowest BCUT2D eigenvalue weighted by atomic mass is 10.1. The minimum absolute atomic E-state index is 0.0452. The van der Waals surface area contributed by atoms with Crippen LogP contribution >= 0.6 is 27.5 Å². The number of nitrogens with zero attached hydrogens (tertiary/aromatic N) is 2. The fraction of sp³-hybridized carbons (Fsp3) is 0.286. The Kier molecular flexibility index (Phi) is 10.4. The molecule has 1 N–H and O–H groups in total. The Bertz CT molecular complexity index is 1350. The number of halogens is 2. The number of rotatable bonds is 11. The normalized spacial score (nSPS) is 12.9. The van der Waals surface area contributed by atoms with E-state index in [4.69, 9.17) is 11.6 Å². The molecule has 10 heteroatoms. The van der Waals surface area contributed by atoms with Gasteiger partial charge in [0.2, 0.25) is 11.8 Å². The Balaban J connectivity index is 2.01.